The Morgan fingerprint density at radius 2 is 1.62 bits per heavy atom. The summed E-state index contributed by atoms with van der Waals surface area (Å²) in [5.74, 6) is -0.786. The number of piperidine rings is 2. The molecule has 3 fully saturated rings. The van der Waals surface area contributed by atoms with Gasteiger partial charge in [-0.2, -0.15) is 4.31 Å². The van der Waals surface area contributed by atoms with E-state index >= 15 is 0 Å². The topological polar surface area (TPSA) is 89.3 Å². The van der Waals surface area contributed by atoms with Crippen LogP contribution in [0.1, 0.15) is 42.7 Å². The molecule has 0 saturated carbocycles. The highest BCUT2D eigenvalue weighted by Gasteiger charge is 2.41. The van der Waals surface area contributed by atoms with Crippen LogP contribution in [-0.4, -0.2) is 68.7 Å². The van der Waals surface area contributed by atoms with Crippen LogP contribution in [0.25, 0.3) is 0 Å². The molecule has 9 heteroatoms. The number of carbonyl (C=O) groups is 1. The second-order valence-electron chi connectivity index (χ2n) is 6.98. The van der Waals surface area contributed by atoms with E-state index in [0.717, 1.165) is 19.3 Å². The van der Waals surface area contributed by atoms with Crippen LogP contribution in [0.3, 0.4) is 0 Å². The lowest BCUT2D eigenvalue weighted by Crippen LogP contribution is -2.47. The minimum Gasteiger partial charge on any atom is -0.438 e. The smallest absolute Gasteiger partial charge is 0.289 e. The zero-order valence-corrected chi connectivity index (χ0v) is 15.5. The average molecular weight is 384 g/mol. The molecule has 26 heavy (non-hydrogen) atoms. The number of nitrogens with zero attached hydrogens (tertiary/aromatic N) is 2. The predicted octanol–water partition coefficient (Wildman–Crippen LogP) is 1.43. The summed E-state index contributed by atoms with van der Waals surface area (Å²) in [5.41, 5.74) is 0. The van der Waals surface area contributed by atoms with Crippen LogP contribution in [0.15, 0.2) is 21.6 Å². The van der Waals surface area contributed by atoms with E-state index in [1.165, 1.54) is 16.4 Å². The van der Waals surface area contributed by atoms with Gasteiger partial charge in [0.25, 0.3) is 15.9 Å². The second-order valence-corrected chi connectivity index (χ2v) is 8.85. The Morgan fingerprint density at radius 1 is 0.962 bits per heavy atom. The summed E-state index contributed by atoms with van der Waals surface area (Å²) in [6.45, 7) is 3.16. The van der Waals surface area contributed by atoms with Crippen molar-refractivity contribution in [3.8, 4) is 0 Å². The summed E-state index contributed by atoms with van der Waals surface area (Å²) in [7, 11) is -3.67. The number of rotatable bonds is 3. The number of furan rings is 1. The Labute approximate surface area is 153 Å². The van der Waals surface area contributed by atoms with Crippen molar-refractivity contribution in [3.05, 3.63) is 17.9 Å². The predicted molar refractivity (Wildman–Crippen MR) is 91.1 cm³/mol. The lowest BCUT2D eigenvalue weighted by Gasteiger charge is -2.37. The Bertz CT molecular complexity index is 752. The lowest BCUT2D eigenvalue weighted by molar-refractivity contribution is -0.181. The van der Waals surface area contributed by atoms with Crippen LogP contribution in [0.5, 0.6) is 0 Å². The van der Waals surface area contributed by atoms with Gasteiger partial charge in [0, 0.05) is 39.0 Å². The molecule has 1 spiro atoms. The normalized spacial score (nSPS) is 24.2. The molecule has 1 aromatic rings. The van der Waals surface area contributed by atoms with Crippen molar-refractivity contribution >= 4 is 15.9 Å². The van der Waals surface area contributed by atoms with Crippen molar-refractivity contribution in [1.82, 2.24) is 9.21 Å². The van der Waals surface area contributed by atoms with E-state index in [0.29, 0.717) is 52.2 Å². The number of hydrogen-bond acceptors (Lipinski definition) is 6. The van der Waals surface area contributed by atoms with E-state index in [1.54, 1.807) is 4.90 Å². The summed E-state index contributed by atoms with van der Waals surface area (Å²) in [5, 5.41) is -0.154. The number of sulfonamides is 1. The van der Waals surface area contributed by atoms with Gasteiger partial charge in [-0.25, -0.2) is 8.42 Å². The molecule has 0 N–H and O–H groups in total. The quantitative estimate of drug-likeness (QED) is 0.783. The van der Waals surface area contributed by atoms with E-state index in [9.17, 15) is 13.2 Å². The summed E-state index contributed by atoms with van der Waals surface area (Å²) >= 11 is 0. The average Bonchev–Trinajstić information content (AvgIpc) is 3.33. The monoisotopic (exact) mass is 384 g/mol. The van der Waals surface area contributed by atoms with Crippen LogP contribution in [0.4, 0.5) is 0 Å². The fraction of sp³-hybridized carbons (Fsp3) is 0.706. The van der Waals surface area contributed by atoms with Gasteiger partial charge >= 0.3 is 0 Å². The van der Waals surface area contributed by atoms with Crippen LogP contribution in [-0.2, 0) is 19.5 Å². The van der Waals surface area contributed by atoms with Gasteiger partial charge in [-0.15, -0.1) is 0 Å². The Kier molecular flexibility index (Phi) is 4.81. The first kappa shape index (κ1) is 18.0. The fourth-order valence-corrected chi connectivity index (χ4v) is 5.23. The van der Waals surface area contributed by atoms with Gasteiger partial charge in [0.05, 0.1) is 13.2 Å². The van der Waals surface area contributed by atoms with Crippen LogP contribution in [0, 0.1) is 0 Å². The van der Waals surface area contributed by atoms with Gasteiger partial charge in [-0.3, -0.25) is 4.79 Å². The van der Waals surface area contributed by atoms with Gasteiger partial charge in [0.1, 0.15) is 0 Å². The van der Waals surface area contributed by atoms with Crippen molar-refractivity contribution < 1.29 is 27.1 Å². The number of amides is 1. The number of ether oxygens (including phenoxy) is 2. The lowest BCUT2D eigenvalue weighted by atomic mass is 10.0. The van der Waals surface area contributed by atoms with Crippen LogP contribution >= 0.6 is 0 Å². The second kappa shape index (κ2) is 6.95. The molecule has 0 unspecified atom stereocenters. The SMILES string of the molecule is O=C(c1ccc(S(=O)(=O)N2CCCCC2)o1)N1CCC2(CC1)OCCO2. The minimum atomic E-state index is -3.67. The highest BCUT2D eigenvalue weighted by Crippen LogP contribution is 2.32. The number of hydrogen-bond donors (Lipinski definition) is 0. The Hall–Kier alpha value is -1.42. The molecule has 3 saturated heterocycles. The molecule has 144 valence electrons. The maximum Gasteiger partial charge on any atom is 0.289 e. The molecular weight excluding hydrogens is 360 g/mol. The highest BCUT2D eigenvalue weighted by atomic mass is 32.2. The fourth-order valence-electron chi connectivity index (χ4n) is 3.80. The Morgan fingerprint density at radius 3 is 2.27 bits per heavy atom. The third-order valence-corrected chi connectivity index (χ3v) is 7.10. The van der Waals surface area contributed by atoms with Crippen molar-refractivity contribution in [1.29, 1.82) is 0 Å². The molecule has 0 aromatic carbocycles. The first-order valence-corrected chi connectivity index (χ1v) is 10.6. The minimum absolute atomic E-state index is 0.0600. The molecule has 1 aromatic heterocycles. The van der Waals surface area contributed by atoms with Crippen molar-refractivity contribution in [3.63, 3.8) is 0 Å². The summed E-state index contributed by atoms with van der Waals surface area (Å²) < 4.78 is 43.5. The van der Waals surface area contributed by atoms with E-state index in [1.807, 2.05) is 0 Å². The number of likely N-dealkylation sites (tertiary alicyclic amines) is 1. The van der Waals surface area contributed by atoms with Crippen molar-refractivity contribution in [2.24, 2.45) is 0 Å². The molecule has 1 amide bonds. The molecule has 8 nitrogen and oxygen atoms in total. The molecule has 3 aliphatic rings. The maximum absolute atomic E-state index is 12.7. The van der Waals surface area contributed by atoms with E-state index in [2.05, 4.69) is 0 Å². The van der Waals surface area contributed by atoms with Crippen LogP contribution in [0.2, 0.25) is 0 Å². The molecule has 4 heterocycles. The molecule has 0 aliphatic carbocycles. The summed E-state index contributed by atoms with van der Waals surface area (Å²) in [6, 6.07) is 2.83. The molecule has 0 radical (unpaired) electrons. The van der Waals surface area contributed by atoms with Crippen molar-refractivity contribution in [2.75, 3.05) is 39.4 Å². The zero-order valence-electron chi connectivity index (χ0n) is 14.7. The van der Waals surface area contributed by atoms with Gasteiger partial charge in [-0.05, 0) is 25.0 Å². The molecular formula is C17H24N2O6S. The summed E-state index contributed by atoms with van der Waals surface area (Å²) in [4.78, 5) is 14.3. The van der Waals surface area contributed by atoms with Gasteiger partial charge in [0.15, 0.2) is 11.5 Å². The third-order valence-electron chi connectivity index (χ3n) is 5.33. The Balaban J connectivity index is 1.43. The molecule has 3 aliphatic heterocycles. The van der Waals surface area contributed by atoms with E-state index in [4.69, 9.17) is 13.9 Å². The van der Waals surface area contributed by atoms with E-state index < -0.39 is 15.8 Å². The highest BCUT2D eigenvalue weighted by molar-refractivity contribution is 7.89. The molecule has 0 bridgehead atoms. The zero-order chi connectivity index (χ0) is 18.2. The standard InChI is InChI=1S/C17H24N2O6S/c20-16(18-10-6-17(7-11-18)23-12-13-24-17)14-4-5-15(25-14)26(21,22)19-8-2-1-3-9-19/h4-5H,1-3,6-13H2. The molecule has 4 rings (SSSR count). The van der Waals surface area contributed by atoms with Crippen molar-refractivity contribution in [2.45, 2.75) is 43.0 Å². The number of carbonyl (C=O) groups excluding carboxylic acids is 1. The van der Waals surface area contributed by atoms with Gasteiger partial charge in [-0.1, -0.05) is 6.42 Å². The van der Waals surface area contributed by atoms with Crippen LogP contribution < -0.4 is 0 Å². The van der Waals surface area contributed by atoms with Gasteiger partial charge in [0.2, 0.25) is 5.09 Å². The largest absolute Gasteiger partial charge is 0.438 e. The van der Waals surface area contributed by atoms with E-state index in [-0.39, 0.29) is 16.8 Å². The van der Waals surface area contributed by atoms with Gasteiger partial charge < -0.3 is 18.8 Å². The third kappa shape index (κ3) is 3.28. The first-order chi connectivity index (χ1) is 12.5. The first-order valence-electron chi connectivity index (χ1n) is 9.17. The molecule has 0 atom stereocenters. The maximum atomic E-state index is 12.7. The summed E-state index contributed by atoms with van der Waals surface area (Å²) in [6.07, 6.45) is 3.96.